The first kappa shape index (κ1) is 17.0. The van der Waals surface area contributed by atoms with E-state index >= 15 is 0 Å². The number of aromatic hydroxyl groups is 1. The molecule has 1 rings (SSSR count). The lowest BCUT2D eigenvalue weighted by molar-refractivity contribution is -0.149. The Labute approximate surface area is 124 Å². The van der Waals surface area contributed by atoms with Gasteiger partial charge in [0, 0.05) is 13.5 Å². The Hall–Kier alpha value is -2.08. The summed E-state index contributed by atoms with van der Waals surface area (Å²) >= 11 is 0. The Morgan fingerprint density at radius 3 is 2.19 bits per heavy atom. The van der Waals surface area contributed by atoms with Crippen molar-refractivity contribution >= 4 is 11.9 Å². The van der Waals surface area contributed by atoms with E-state index in [9.17, 15) is 19.8 Å². The zero-order valence-electron chi connectivity index (χ0n) is 12.5. The number of hydrogen-bond acceptors (Lipinski definition) is 4. The largest absolute Gasteiger partial charge is 0.508 e. The molecule has 1 aromatic rings. The van der Waals surface area contributed by atoms with Crippen molar-refractivity contribution in [3.8, 4) is 5.75 Å². The van der Waals surface area contributed by atoms with E-state index in [1.54, 1.807) is 12.1 Å². The van der Waals surface area contributed by atoms with E-state index in [-0.39, 0.29) is 18.1 Å². The number of phenols is 1. The van der Waals surface area contributed by atoms with Crippen LogP contribution in [-0.4, -0.2) is 46.1 Å². The first-order chi connectivity index (χ1) is 9.73. The van der Waals surface area contributed by atoms with Gasteiger partial charge in [0.25, 0.3) is 0 Å². The quantitative estimate of drug-likeness (QED) is 0.721. The second kappa shape index (κ2) is 7.08. The molecule has 0 fully saturated rings. The number of rotatable bonds is 6. The van der Waals surface area contributed by atoms with E-state index in [2.05, 4.69) is 0 Å². The molecular formula is C15H22N2O4. The van der Waals surface area contributed by atoms with Crippen LogP contribution in [0, 0.1) is 5.92 Å². The Bertz CT molecular complexity index is 499. The highest BCUT2D eigenvalue weighted by Gasteiger charge is 2.30. The molecule has 0 saturated carbocycles. The first-order valence-electron chi connectivity index (χ1n) is 6.77. The zero-order chi connectivity index (χ0) is 16.2. The summed E-state index contributed by atoms with van der Waals surface area (Å²) in [5.74, 6) is -1.44. The average Bonchev–Trinajstić information content (AvgIpc) is 2.43. The molecular weight excluding hydrogens is 272 g/mol. The van der Waals surface area contributed by atoms with Crippen molar-refractivity contribution in [3.63, 3.8) is 0 Å². The number of carbonyl (C=O) groups is 2. The average molecular weight is 294 g/mol. The number of nitrogens with zero attached hydrogens (tertiary/aromatic N) is 1. The molecule has 0 heterocycles. The van der Waals surface area contributed by atoms with Crippen LogP contribution in [0.3, 0.4) is 0 Å². The predicted octanol–water partition coefficient (Wildman–Crippen LogP) is 0.830. The van der Waals surface area contributed by atoms with Gasteiger partial charge in [0.15, 0.2) is 0 Å². The van der Waals surface area contributed by atoms with Gasteiger partial charge in [-0.1, -0.05) is 26.0 Å². The number of benzene rings is 1. The standard InChI is InChI=1S/C15H22N2O4/c1-9(2)13(16)14(19)17(3)12(15(20)21)8-10-4-6-11(18)7-5-10/h4-7,9,12-13,18H,8,16H2,1-3H3,(H,20,21)/t12-,13-/m0/s1. The summed E-state index contributed by atoms with van der Waals surface area (Å²) < 4.78 is 0. The third-order valence-electron chi connectivity index (χ3n) is 3.47. The molecule has 2 atom stereocenters. The molecule has 0 unspecified atom stereocenters. The molecule has 1 amide bonds. The lowest BCUT2D eigenvalue weighted by Crippen LogP contribution is -2.51. The molecule has 6 heteroatoms. The Kier molecular flexibility index (Phi) is 5.72. The fourth-order valence-corrected chi connectivity index (χ4v) is 1.92. The maximum absolute atomic E-state index is 12.2. The molecule has 0 radical (unpaired) electrons. The second-order valence-corrected chi connectivity index (χ2v) is 5.44. The van der Waals surface area contributed by atoms with Crippen molar-refractivity contribution in [2.75, 3.05) is 7.05 Å². The summed E-state index contributed by atoms with van der Waals surface area (Å²) in [6.45, 7) is 3.62. The SMILES string of the molecule is CC(C)[C@H](N)C(=O)N(C)[C@@H](Cc1ccc(O)cc1)C(=O)O. The van der Waals surface area contributed by atoms with Gasteiger partial charge in [0.2, 0.25) is 5.91 Å². The summed E-state index contributed by atoms with van der Waals surface area (Å²) in [5, 5.41) is 18.6. The number of hydrogen-bond donors (Lipinski definition) is 3. The summed E-state index contributed by atoms with van der Waals surface area (Å²) in [6.07, 6.45) is 0.155. The number of carbonyl (C=O) groups excluding carboxylic acids is 1. The van der Waals surface area contributed by atoms with Crippen molar-refractivity contribution in [1.29, 1.82) is 0 Å². The van der Waals surface area contributed by atoms with E-state index in [0.717, 1.165) is 5.56 Å². The Balaban J connectivity index is 2.88. The molecule has 0 saturated heterocycles. The number of phenolic OH excluding ortho intramolecular Hbond substituents is 1. The molecule has 0 bridgehead atoms. The van der Waals surface area contributed by atoms with Crippen LogP contribution < -0.4 is 5.73 Å². The maximum Gasteiger partial charge on any atom is 0.326 e. The van der Waals surface area contributed by atoms with Gasteiger partial charge in [-0.15, -0.1) is 0 Å². The highest BCUT2D eigenvalue weighted by Crippen LogP contribution is 2.14. The van der Waals surface area contributed by atoms with E-state index in [1.807, 2.05) is 13.8 Å². The highest BCUT2D eigenvalue weighted by atomic mass is 16.4. The van der Waals surface area contributed by atoms with Crippen LogP contribution in [0.5, 0.6) is 5.75 Å². The predicted molar refractivity (Wildman–Crippen MR) is 78.8 cm³/mol. The molecule has 0 spiro atoms. The molecule has 0 aromatic heterocycles. The van der Waals surface area contributed by atoms with E-state index in [0.29, 0.717) is 0 Å². The maximum atomic E-state index is 12.2. The van der Waals surface area contributed by atoms with Crippen molar-refractivity contribution in [2.45, 2.75) is 32.4 Å². The fraction of sp³-hybridized carbons (Fsp3) is 0.467. The van der Waals surface area contributed by atoms with Crippen molar-refractivity contribution < 1.29 is 19.8 Å². The minimum Gasteiger partial charge on any atom is -0.508 e. The number of amides is 1. The van der Waals surface area contributed by atoms with Crippen molar-refractivity contribution in [3.05, 3.63) is 29.8 Å². The van der Waals surface area contributed by atoms with Gasteiger partial charge >= 0.3 is 5.97 Å². The Morgan fingerprint density at radius 1 is 1.24 bits per heavy atom. The number of carboxylic acid groups (broad SMARTS) is 1. The van der Waals surface area contributed by atoms with Crippen molar-refractivity contribution in [1.82, 2.24) is 4.90 Å². The third-order valence-corrected chi connectivity index (χ3v) is 3.47. The van der Waals surface area contributed by atoms with Crippen LogP contribution in [0.4, 0.5) is 0 Å². The molecule has 0 aliphatic heterocycles. The van der Waals surface area contributed by atoms with E-state index in [4.69, 9.17) is 5.73 Å². The van der Waals surface area contributed by atoms with Gasteiger partial charge in [-0.05, 0) is 23.6 Å². The van der Waals surface area contributed by atoms with Crippen molar-refractivity contribution in [2.24, 2.45) is 11.7 Å². The van der Waals surface area contributed by atoms with Crippen LogP contribution in [0.15, 0.2) is 24.3 Å². The number of carboxylic acids is 1. The molecule has 0 aliphatic rings. The monoisotopic (exact) mass is 294 g/mol. The molecule has 116 valence electrons. The first-order valence-corrected chi connectivity index (χ1v) is 6.77. The normalized spacial score (nSPS) is 13.8. The summed E-state index contributed by atoms with van der Waals surface area (Å²) in [5.41, 5.74) is 6.52. The fourth-order valence-electron chi connectivity index (χ4n) is 1.92. The molecule has 1 aromatic carbocycles. The summed E-state index contributed by atoms with van der Waals surface area (Å²) in [7, 11) is 1.45. The van der Waals surface area contributed by atoms with Gasteiger partial charge < -0.3 is 20.8 Å². The summed E-state index contributed by atoms with van der Waals surface area (Å²) in [6, 6.07) is 4.51. The van der Waals surface area contributed by atoms with Gasteiger partial charge in [-0.2, -0.15) is 0 Å². The number of likely N-dealkylation sites (N-methyl/N-ethyl adjacent to an activating group) is 1. The lowest BCUT2D eigenvalue weighted by atomic mass is 10.0. The lowest BCUT2D eigenvalue weighted by Gasteiger charge is -2.28. The molecule has 0 aliphatic carbocycles. The second-order valence-electron chi connectivity index (χ2n) is 5.44. The van der Waals surface area contributed by atoms with E-state index < -0.39 is 24.0 Å². The number of nitrogens with two attached hydrogens (primary N) is 1. The minimum absolute atomic E-state index is 0.0666. The van der Waals surface area contributed by atoms with Gasteiger partial charge in [0.05, 0.1) is 6.04 Å². The molecule has 4 N–H and O–H groups in total. The highest BCUT2D eigenvalue weighted by molar-refractivity contribution is 5.87. The van der Waals surface area contributed by atoms with Gasteiger partial charge in [-0.25, -0.2) is 4.79 Å². The van der Waals surface area contributed by atoms with Crippen LogP contribution in [0.2, 0.25) is 0 Å². The van der Waals surface area contributed by atoms with Crippen LogP contribution in [0.25, 0.3) is 0 Å². The molecule has 21 heavy (non-hydrogen) atoms. The molecule has 6 nitrogen and oxygen atoms in total. The summed E-state index contributed by atoms with van der Waals surface area (Å²) in [4.78, 5) is 24.8. The smallest absolute Gasteiger partial charge is 0.326 e. The van der Waals surface area contributed by atoms with Crippen LogP contribution in [-0.2, 0) is 16.0 Å². The van der Waals surface area contributed by atoms with Gasteiger partial charge in [-0.3, -0.25) is 4.79 Å². The van der Waals surface area contributed by atoms with E-state index in [1.165, 1.54) is 24.1 Å². The zero-order valence-corrected chi connectivity index (χ0v) is 12.5. The van der Waals surface area contributed by atoms with Gasteiger partial charge in [0.1, 0.15) is 11.8 Å². The van der Waals surface area contributed by atoms with Crippen LogP contribution >= 0.6 is 0 Å². The minimum atomic E-state index is -1.09. The Morgan fingerprint density at radius 2 is 1.76 bits per heavy atom. The topological polar surface area (TPSA) is 104 Å². The van der Waals surface area contributed by atoms with Crippen LogP contribution in [0.1, 0.15) is 19.4 Å². The number of aliphatic carboxylic acids is 1. The third kappa shape index (κ3) is 4.46.